The fourth-order valence-corrected chi connectivity index (χ4v) is 3.67. The molecule has 1 atom stereocenters. The summed E-state index contributed by atoms with van der Waals surface area (Å²) in [4.78, 5) is 16.5. The van der Waals surface area contributed by atoms with Gasteiger partial charge in [0.15, 0.2) is 5.01 Å². The van der Waals surface area contributed by atoms with E-state index in [-0.39, 0.29) is 11.7 Å². The molecule has 0 aliphatic rings. The van der Waals surface area contributed by atoms with Gasteiger partial charge in [-0.2, -0.15) is 0 Å². The molecule has 1 unspecified atom stereocenters. The standard InChI is InChI=1S/C22H17N5O2S/c1-2-20-26-27-22(30-20)25-21(29)24-19(13-28)16-8-6-15(7-9-16)17-5-3-4-14-10-11-23-12-18(14)17/h1,3-12,19,28H,13H2,(H2,24,25,27,29). The maximum atomic E-state index is 12.2. The van der Waals surface area contributed by atoms with Gasteiger partial charge >= 0.3 is 6.03 Å². The summed E-state index contributed by atoms with van der Waals surface area (Å²) >= 11 is 1.09. The number of fused-ring (bicyclic) bond motifs is 1. The van der Waals surface area contributed by atoms with Gasteiger partial charge in [0.05, 0.1) is 12.6 Å². The van der Waals surface area contributed by atoms with E-state index in [1.807, 2.05) is 54.7 Å². The molecule has 3 N–H and O–H groups in total. The first-order chi connectivity index (χ1) is 14.7. The van der Waals surface area contributed by atoms with Crippen LogP contribution in [-0.2, 0) is 0 Å². The van der Waals surface area contributed by atoms with E-state index >= 15 is 0 Å². The van der Waals surface area contributed by atoms with Crippen molar-refractivity contribution in [2.75, 3.05) is 11.9 Å². The van der Waals surface area contributed by atoms with Crippen LogP contribution < -0.4 is 10.6 Å². The lowest BCUT2D eigenvalue weighted by atomic mass is 9.97. The number of terminal acetylenes is 1. The number of urea groups is 1. The third kappa shape index (κ3) is 4.12. The summed E-state index contributed by atoms with van der Waals surface area (Å²) in [6, 6.07) is 14.7. The fraction of sp³-hybridized carbons (Fsp3) is 0.0909. The zero-order valence-corrected chi connectivity index (χ0v) is 16.6. The van der Waals surface area contributed by atoms with Crippen molar-refractivity contribution in [3.05, 3.63) is 71.5 Å². The molecule has 7 nitrogen and oxygen atoms in total. The lowest BCUT2D eigenvalue weighted by Crippen LogP contribution is -2.34. The molecule has 2 aromatic carbocycles. The van der Waals surface area contributed by atoms with E-state index in [4.69, 9.17) is 6.42 Å². The first-order valence-corrected chi connectivity index (χ1v) is 9.91. The van der Waals surface area contributed by atoms with Crippen LogP contribution in [0.1, 0.15) is 16.6 Å². The Bertz CT molecular complexity index is 1230. The van der Waals surface area contributed by atoms with Crippen molar-refractivity contribution in [1.82, 2.24) is 20.5 Å². The molecular formula is C22H17N5O2S. The van der Waals surface area contributed by atoms with E-state index in [1.165, 1.54) is 0 Å². The minimum absolute atomic E-state index is 0.253. The predicted molar refractivity (Wildman–Crippen MR) is 117 cm³/mol. The summed E-state index contributed by atoms with van der Waals surface area (Å²) in [5.74, 6) is 2.36. The largest absolute Gasteiger partial charge is 0.394 e. The number of aromatic nitrogens is 3. The number of benzene rings is 2. The van der Waals surface area contributed by atoms with Crippen molar-refractivity contribution in [2.24, 2.45) is 0 Å². The smallest absolute Gasteiger partial charge is 0.321 e. The molecule has 0 fully saturated rings. The number of rotatable bonds is 5. The molecule has 0 aliphatic carbocycles. The normalized spacial score (nSPS) is 11.6. The maximum absolute atomic E-state index is 12.2. The summed E-state index contributed by atoms with van der Waals surface area (Å²) in [7, 11) is 0. The lowest BCUT2D eigenvalue weighted by molar-refractivity contribution is 0.225. The van der Waals surface area contributed by atoms with E-state index in [0.29, 0.717) is 5.01 Å². The first kappa shape index (κ1) is 19.5. The van der Waals surface area contributed by atoms with Crippen LogP contribution >= 0.6 is 11.3 Å². The van der Waals surface area contributed by atoms with Crippen molar-refractivity contribution in [3.8, 4) is 23.5 Å². The molecule has 30 heavy (non-hydrogen) atoms. The molecule has 2 heterocycles. The molecule has 0 saturated carbocycles. The molecular weight excluding hydrogens is 398 g/mol. The van der Waals surface area contributed by atoms with Gasteiger partial charge in [-0.05, 0) is 34.1 Å². The van der Waals surface area contributed by atoms with Gasteiger partial charge in [-0.1, -0.05) is 53.8 Å². The zero-order valence-electron chi connectivity index (χ0n) is 15.7. The highest BCUT2D eigenvalue weighted by Crippen LogP contribution is 2.29. The Morgan fingerprint density at radius 3 is 2.73 bits per heavy atom. The first-order valence-electron chi connectivity index (χ1n) is 9.09. The Labute approximate surface area is 176 Å². The average molecular weight is 415 g/mol. The number of pyridine rings is 1. The van der Waals surface area contributed by atoms with Gasteiger partial charge in [0, 0.05) is 17.8 Å². The van der Waals surface area contributed by atoms with Gasteiger partial charge < -0.3 is 10.4 Å². The minimum Gasteiger partial charge on any atom is -0.394 e. The van der Waals surface area contributed by atoms with Gasteiger partial charge in [-0.3, -0.25) is 10.3 Å². The highest BCUT2D eigenvalue weighted by atomic mass is 32.1. The molecule has 0 radical (unpaired) electrons. The monoisotopic (exact) mass is 415 g/mol. The summed E-state index contributed by atoms with van der Waals surface area (Å²) in [6.45, 7) is -0.253. The number of hydrogen-bond donors (Lipinski definition) is 3. The number of hydrogen-bond acceptors (Lipinski definition) is 6. The number of nitrogens with zero attached hydrogens (tertiary/aromatic N) is 3. The van der Waals surface area contributed by atoms with Crippen molar-refractivity contribution in [3.63, 3.8) is 0 Å². The zero-order chi connectivity index (χ0) is 20.9. The minimum atomic E-state index is -0.576. The summed E-state index contributed by atoms with van der Waals surface area (Å²) in [5.41, 5.74) is 2.87. The lowest BCUT2D eigenvalue weighted by Gasteiger charge is -2.17. The number of nitrogens with one attached hydrogen (secondary N) is 2. The quantitative estimate of drug-likeness (QED) is 0.433. The van der Waals surface area contributed by atoms with Crippen LogP contribution in [0.4, 0.5) is 9.93 Å². The van der Waals surface area contributed by atoms with Gasteiger partial charge in [0.1, 0.15) is 0 Å². The number of carbonyl (C=O) groups is 1. The Morgan fingerprint density at radius 2 is 2.00 bits per heavy atom. The molecule has 0 saturated heterocycles. The van der Waals surface area contributed by atoms with E-state index < -0.39 is 12.1 Å². The summed E-state index contributed by atoms with van der Waals surface area (Å²) < 4.78 is 0. The van der Waals surface area contributed by atoms with Crippen LogP contribution in [-0.4, -0.2) is 32.9 Å². The van der Waals surface area contributed by atoms with Crippen LogP contribution in [0, 0.1) is 12.3 Å². The molecule has 4 rings (SSSR count). The Balaban J connectivity index is 1.50. The average Bonchev–Trinajstić information content (AvgIpc) is 3.24. The molecule has 4 aromatic rings. The fourth-order valence-electron chi connectivity index (χ4n) is 3.12. The van der Waals surface area contributed by atoms with Gasteiger partial charge in [-0.15, -0.1) is 16.6 Å². The molecule has 2 aromatic heterocycles. The van der Waals surface area contributed by atoms with Crippen LogP contribution in [0.5, 0.6) is 0 Å². The summed E-state index contributed by atoms with van der Waals surface area (Å²) in [6.07, 6.45) is 8.87. The van der Waals surface area contributed by atoms with E-state index in [2.05, 4.69) is 31.7 Å². The SMILES string of the molecule is C#Cc1nnc(NC(=O)NC(CO)c2ccc(-c3cccc4ccncc34)cc2)s1. The highest BCUT2D eigenvalue weighted by Gasteiger charge is 2.15. The van der Waals surface area contributed by atoms with Crippen LogP contribution in [0.15, 0.2) is 60.9 Å². The molecule has 148 valence electrons. The number of amides is 2. The topological polar surface area (TPSA) is 100 Å². The third-order valence-corrected chi connectivity index (χ3v) is 5.33. The van der Waals surface area contributed by atoms with E-state index in [0.717, 1.165) is 38.8 Å². The van der Waals surface area contributed by atoms with E-state index in [9.17, 15) is 9.90 Å². The van der Waals surface area contributed by atoms with Crippen molar-refractivity contribution < 1.29 is 9.90 Å². The van der Waals surface area contributed by atoms with Gasteiger partial charge in [0.25, 0.3) is 0 Å². The van der Waals surface area contributed by atoms with Crippen molar-refractivity contribution in [2.45, 2.75) is 6.04 Å². The molecule has 0 bridgehead atoms. The molecule has 8 heteroatoms. The number of carbonyl (C=O) groups excluding carboxylic acids is 1. The highest BCUT2D eigenvalue weighted by molar-refractivity contribution is 7.15. The van der Waals surface area contributed by atoms with Crippen LogP contribution in [0.3, 0.4) is 0 Å². The Hall–Kier alpha value is -3.80. The van der Waals surface area contributed by atoms with Crippen molar-refractivity contribution in [1.29, 1.82) is 0 Å². The number of anilines is 1. The van der Waals surface area contributed by atoms with E-state index in [1.54, 1.807) is 6.20 Å². The van der Waals surface area contributed by atoms with Crippen LogP contribution in [0.25, 0.3) is 21.9 Å². The Morgan fingerprint density at radius 1 is 1.17 bits per heavy atom. The number of aliphatic hydroxyl groups excluding tert-OH is 1. The third-order valence-electron chi connectivity index (χ3n) is 4.56. The second-order valence-electron chi connectivity index (χ2n) is 6.41. The van der Waals surface area contributed by atoms with Gasteiger partial charge in [-0.25, -0.2) is 4.79 Å². The molecule has 2 amide bonds. The number of aliphatic hydroxyl groups is 1. The second-order valence-corrected chi connectivity index (χ2v) is 7.39. The van der Waals surface area contributed by atoms with Gasteiger partial charge in [0.2, 0.25) is 5.13 Å². The second kappa shape index (κ2) is 8.69. The molecule has 0 aliphatic heterocycles. The predicted octanol–water partition coefficient (Wildman–Crippen LogP) is 3.59. The summed E-state index contributed by atoms with van der Waals surface area (Å²) in [5, 5.41) is 25.4. The Kier molecular flexibility index (Phi) is 5.66. The van der Waals surface area contributed by atoms with Crippen molar-refractivity contribution >= 4 is 33.3 Å². The maximum Gasteiger partial charge on any atom is 0.321 e. The molecule has 0 spiro atoms. The van der Waals surface area contributed by atoms with Crippen LogP contribution in [0.2, 0.25) is 0 Å².